The van der Waals surface area contributed by atoms with Gasteiger partial charge in [-0.05, 0) is 13.0 Å². The molecule has 0 saturated heterocycles. The normalized spacial score (nSPS) is 10.1. The molecule has 0 aliphatic rings. The zero-order chi connectivity index (χ0) is 10.2. The minimum absolute atomic E-state index is 0.0601. The second kappa shape index (κ2) is 3.22. The average Bonchev–Trinajstić information content (AvgIpc) is 2.07. The Labute approximate surface area is 78.9 Å². The highest BCUT2D eigenvalue weighted by molar-refractivity contribution is 6.31. The summed E-state index contributed by atoms with van der Waals surface area (Å²) in [5.41, 5.74) is 5.17. The molecule has 0 bridgehead atoms. The summed E-state index contributed by atoms with van der Waals surface area (Å²) in [4.78, 5) is 10.6. The molecule has 1 aromatic carbocycles. The number of nitrogen functional groups attached to an aromatic ring is 1. The van der Waals surface area contributed by atoms with Gasteiger partial charge in [0.05, 0.1) is 16.3 Å². The van der Waals surface area contributed by atoms with Gasteiger partial charge in [-0.1, -0.05) is 11.6 Å². The summed E-state index contributed by atoms with van der Waals surface area (Å²) in [6, 6.07) is 1.00. The van der Waals surface area contributed by atoms with Crippen molar-refractivity contribution >= 4 is 23.3 Å². The Hall–Kier alpha value is -1.29. The Morgan fingerprint density at radius 3 is 2.69 bits per heavy atom. The first kappa shape index (κ1) is 9.80. The second-order valence-electron chi connectivity index (χ2n) is 2.56. The molecule has 0 aliphatic heterocycles. The maximum atomic E-state index is 13.0. The van der Waals surface area contributed by atoms with Crippen LogP contribution in [0.5, 0.6) is 0 Å². The quantitative estimate of drug-likeness (QED) is 0.687. The number of anilines is 1. The SMILES string of the molecule is Cc1c(N)c(C(=O)O)cc(Cl)c1F. The molecule has 0 unspecified atom stereocenters. The number of rotatable bonds is 1. The van der Waals surface area contributed by atoms with E-state index >= 15 is 0 Å². The van der Waals surface area contributed by atoms with Crippen LogP contribution < -0.4 is 5.73 Å². The van der Waals surface area contributed by atoms with Crippen LogP contribution in [0.25, 0.3) is 0 Å². The van der Waals surface area contributed by atoms with E-state index in [9.17, 15) is 9.18 Å². The van der Waals surface area contributed by atoms with Crippen LogP contribution in [0.4, 0.5) is 10.1 Å². The fourth-order valence-corrected chi connectivity index (χ4v) is 1.19. The standard InChI is InChI=1S/C8H7ClFNO2/c1-3-6(10)5(9)2-4(7(3)11)8(12)13/h2H,11H2,1H3,(H,12,13). The molecule has 0 aliphatic carbocycles. The van der Waals surface area contributed by atoms with Crippen molar-refractivity contribution in [3.05, 3.63) is 28.0 Å². The molecule has 3 N–H and O–H groups in total. The van der Waals surface area contributed by atoms with E-state index in [-0.39, 0.29) is 21.8 Å². The number of carboxylic acids is 1. The second-order valence-corrected chi connectivity index (χ2v) is 2.97. The number of carboxylic acid groups (broad SMARTS) is 1. The summed E-state index contributed by atoms with van der Waals surface area (Å²) in [7, 11) is 0. The van der Waals surface area contributed by atoms with Crippen LogP contribution in [0, 0.1) is 12.7 Å². The van der Waals surface area contributed by atoms with Crippen LogP contribution in [0.2, 0.25) is 5.02 Å². The first-order valence-electron chi connectivity index (χ1n) is 3.42. The third kappa shape index (κ3) is 1.58. The summed E-state index contributed by atoms with van der Waals surface area (Å²) in [5.74, 6) is -1.90. The molecule has 0 amide bonds. The summed E-state index contributed by atoms with van der Waals surface area (Å²) >= 11 is 5.44. The Bertz CT molecular complexity index is 379. The van der Waals surface area contributed by atoms with Crippen molar-refractivity contribution in [1.29, 1.82) is 0 Å². The van der Waals surface area contributed by atoms with E-state index in [1.54, 1.807) is 0 Å². The molecule has 0 spiro atoms. The van der Waals surface area contributed by atoms with Gasteiger partial charge in [0.15, 0.2) is 0 Å². The van der Waals surface area contributed by atoms with Crippen molar-refractivity contribution < 1.29 is 14.3 Å². The van der Waals surface area contributed by atoms with Gasteiger partial charge in [0, 0.05) is 5.56 Å². The van der Waals surface area contributed by atoms with Gasteiger partial charge in [0.25, 0.3) is 0 Å². The molecular weight excluding hydrogens is 197 g/mol. The zero-order valence-corrected chi connectivity index (χ0v) is 7.52. The Morgan fingerprint density at radius 1 is 1.69 bits per heavy atom. The molecule has 1 rings (SSSR count). The maximum absolute atomic E-state index is 13.0. The first-order valence-corrected chi connectivity index (χ1v) is 3.80. The van der Waals surface area contributed by atoms with Crippen molar-refractivity contribution in [2.75, 3.05) is 5.73 Å². The van der Waals surface area contributed by atoms with Crippen molar-refractivity contribution in [1.82, 2.24) is 0 Å². The van der Waals surface area contributed by atoms with Crippen LogP contribution in [0.3, 0.4) is 0 Å². The van der Waals surface area contributed by atoms with Crippen molar-refractivity contribution in [2.45, 2.75) is 6.92 Å². The number of halogens is 2. The van der Waals surface area contributed by atoms with Crippen LogP contribution in [0.15, 0.2) is 6.07 Å². The third-order valence-corrected chi connectivity index (χ3v) is 2.01. The van der Waals surface area contributed by atoms with Crippen LogP contribution in [0.1, 0.15) is 15.9 Å². The fraction of sp³-hybridized carbons (Fsp3) is 0.125. The average molecular weight is 204 g/mol. The monoisotopic (exact) mass is 203 g/mol. The highest BCUT2D eigenvalue weighted by Crippen LogP contribution is 2.26. The van der Waals surface area contributed by atoms with Gasteiger partial charge in [-0.2, -0.15) is 0 Å². The number of hydrogen-bond donors (Lipinski definition) is 2. The van der Waals surface area contributed by atoms with E-state index in [4.69, 9.17) is 22.4 Å². The van der Waals surface area contributed by atoms with Crippen LogP contribution in [-0.2, 0) is 0 Å². The molecule has 0 atom stereocenters. The van der Waals surface area contributed by atoms with Gasteiger partial charge in [0.1, 0.15) is 5.82 Å². The lowest BCUT2D eigenvalue weighted by molar-refractivity contribution is 0.0698. The summed E-state index contributed by atoms with van der Waals surface area (Å²) < 4.78 is 13.0. The maximum Gasteiger partial charge on any atom is 0.337 e. The molecule has 0 heterocycles. The Balaban J connectivity index is 3.50. The Morgan fingerprint density at radius 2 is 2.23 bits per heavy atom. The molecule has 1 aromatic rings. The highest BCUT2D eigenvalue weighted by atomic mass is 35.5. The minimum atomic E-state index is -1.22. The van der Waals surface area contributed by atoms with E-state index in [0.29, 0.717) is 0 Å². The lowest BCUT2D eigenvalue weighted by Gasteiger charge is -2.06. The summed E-state index contributed by atoms with van der Waals surface area (Å²) in [6.45, 7) is 1.38. The van der Waals surface area contributed by atoms with E-state index in [2.05, 4.69) is 0 Å². The van der Waals surface area contributed by atoms with Crippen molar-refractivity contribution in [2.24, 2.45) is 0 Å². The molecular formula is C8H7ClFNO2. The molecule has 0 fully saturated rings. The molecule has 13 heavy (non-hydrogen) atoms. The summed E-state index contributed by atoms with van der Waals surface area (Å²) in [5, 5.41) is 8.41. The number of carbonyl (C=O) groups is 1. The molecule has 3 nitrogen and oxygen atoms in total. The van der Waals surface area contributed by atoms with Gasteiger partial charge in [0.2, 0.25) is 0 Å². The van der Waals surface area contributed by atoms with Gasteiger partial charge in [-0.15, -0.1) is 0 Å². The minimum Gasteiger partial charge on any atom is -0.478 e. The number of hydrogen-bond acceptors (Lipinski definition) is 2. The van der Waals surface area contributed by atoms with E-state index in [0.717, 1.165) is 6.07 Å². The lowest BCUT2D eigenvalue weighted by Crippen LogP contribution is -2.06. The summed E-state index contributed by atoms with van der Waals surface area (Å²) in [6.07, 6.45) is 0. The smallest absolute Gasteiger partial charge is 0.337 e. The van der Waals surface area contributed by atoms with E-state index < -0.39 is 11.8 Å². The highest BCUT2D eigenvalue weighted by Gasteiger charge is 2.15. The predicted octanol–water partition coefficient (Wildman–Crippen LogP) is 2.07. The lowest BCUT2D eigenvalue weighted by atomic mass is 10.1. The van der Waals surface area contributed by atoms with Gasteiger partial charge in [-0.25, -0.2) is 9.18 Å². The molecule has 70 valence electrons. The van der Waals surface area contributed by atoms with Crippen LogP contribution >= 0.6 is 11.6 Å². The first-order chi connectivity index (χ1) is 5.95. The van der Waals surface area contributed by atoms with E-state index in [1.165, 1.54) is 6.92 Å². The predicted molar refractivity (Wildman–Crippen MR) is 47.5 cm³/mol. The molecule has 0 radical (unpaired) electrons. The van der Waals surface area contributed by atoms with Crippen molar-refractivity contribution in [3.8, 4) is 0 Å². The number of aromatic carboxylic acids is 1. The molecule has 0 saturated carbocycles. The van der Waals surface area contributed by atoms with E-state index in [1.807, 2.05) is 0 Å². The topological polar surface area (TPSA) is 63.3 Å². The van der Waals surface area contributed by atoms with Gasteiger partial charge < -0.3 is 10.8 Å². The zero-order valence-electron chi connectivity index (χ0n) is 6.77. The Kier molecular flexibility index (Phi) is 2.43. The fourth-order valence-electron chi connectivity index (χ4n) is 0.944. The van der Waals surface area contributed by atoms with Crippen molar-refractivity contribution in [3.63, 3.8) is 0 Å². The van der Waals surface area contributed by atoms with Gasteiger partial charge >= 0.3 is 5.97 Å². The van der Waals surface area contributed by atoms with Gasteiger partial charge in [-0.3, -0.25) is 0 Å². The van der Waals surface area contributed by atoms with Crippen LogP contribution in [-0.4, -0.2) is 11.1 Å². The largest absolute Gasteiger partial charge is 0.478 e. The number of nitrogens with two attached hydrogens (primary N) is 1. The molecule has 0 aromatic heterocycles. The molecule has 5 heteroatoms. The third-order valence-electron chi connectivity index (χ3n) is 1.73. The number of benzene rings is 1.